The third kappa shape index (κ3) is 4.47. The van der Waals surface area contributed by atoms with Gasteiger partial charge in [0, 0.05) is 41.0 Å². The molecule has 3 aromatic carbocycles. The number of nitrogens with zero attached hydrogens (tertiary/aromatic N) is 2. The Kier molecular flexibility index (Phi) is 6.19. The van der Waals surface area contributed by atoms with Crippen LogP contribution in [0, 0.1) is 11.3 Å². The lowest BCUT2D eigenvalue weighted by Crippen LogP contribution is -2.18. The summed E-state index contributed by atoms with van der Waals surface area (Å²) in [4.78, 5) is 13.3. The van der Waals surface area contributed by atoms with Crippen LogP contribution in [0.4, 0.5) is 17.1 Å². The second kappa shape index (κ2) is 9.59. The molecule has 3 aromatic rings. The molecule has 0 bridgehead atoms. The Hall–Kier alpha value is -4.18. The second-order valence-electron chi connectivity index (χ2n) is 8.88. The van der Waals surface area contributed by atoms with Gasteiger partial charge >= 0.3 is 5.97 Å². The van der Waals surface area contributed by atoms with Crippen LogP contribution in [0.2, 0.25) is 0 Å². The van der Waals surface area contributed by atoms with E-state index in [1.165, 1.54) is 0 Å². The highest BCUT2D eigenvalue weighted by Crippen LogP contribution is 2.45. The number of hydrogen-bond acceptors (Lipinski definition) is 6. The lowest BCUT2D eigenvalue weighted by Gasteiger charge is -2.26. The number of carboxylic acid groups (broad SMARTS) is 1. The molecule has 2 aliphatic heterocycles. The molecule has 0 aliphatic carbocycles. The van der Waals surface area contributed by atoms with E-state index in [1.807, 2.05) is 48.5 Å². The van der Waals surface area contributed by atoms with Gasteiger partial charge in [0.25, 0.3) is 0 Å². The summed E-state index contributed by atoms with van der Waals surface area (Å²) in [5.74, 6) is 0.653. The molecule has 7 heteroatoms. The molecular weight excluding hydrogens is 442 g/mol. The number of aliphatic carboxylic acids is 1. The van der Waals surface area contributed by atoms with Crippen LogP contribution in [-0.2, 0) is 4.79 Å². The van der Waals surface area contributed by atoms with Crippen LogP contribution in [0.15, 0.2) is 60.7 Å². The zero-order valence-electron chi connectivity index (χ0n) is 19.5. The number of hydrogen-bond donors (Lipinski definition) is 2. The Morgan fingerprint density at radius 2 is 1.97 bits per heavy atom. The number of anilines is 3. The quantitative estimate of drug-likeness (QED) is 0.443. The van der Waals surface area contributed by atoms with Crippen LogP contribution in [0.25, 0.3) is 0 Å². The maximum absolute atomic E-state index is 11.1. The lowest BCUT2D eigenvalue weighted by atomic mass is 9.97. The first-order chi connectivity index (χ1) is 17.1. The minimum atomic E-state index is -0.819. The number of nitriles is 1. The van der Waals surface area contributed by atoms with Gasteiger partial charge in [-0.1, -0.05) is 31.2 Å². The number of para-hydroxylation sites is 1. The molecule has 178 valence electrons. The Labute approximate surface area is 204 Å². The first kappa shape index (κ1) is 22.6. The van der Waals surface area contributed by atoms with Crippen molar-refractivity contribution in [2.24, 2.45) is 0 Å². The molecule has 2 heterocycles. The van der Waals surface area contributed by atoms with Crippen LogP contribution in [0.3, 0.4) is 0 Å². The number of fused-ring (bicyclic) bond motifs is 2. The molecule has 0 spiro atoms. The number of carbonyl (C=O) groups is 1. The fourth-order valence-electron chi connectivity index (χ4n) is 4.87. The molecule has 0 fully saturated rings. The van der Waals surface area contributed by atoms with E-state index < -0.39 is 5.97 Å². The molecule has 2 N–H and O–H groups in total. The van der Waals surface area contributed by atoms with E-state index >= 15 is 0 Å². The van der Waals surface area contributed by atoms with Gasteiger partial charge in [-0.05, 0) is 36.8 Å². The van der Waals surface area contributed by atoms with Gasteiger partial charge in [-0.15, -0.1) is 0 Å². The van der Waals surface area contributed by atoms with Crippen LogP contribution in [0.1, 0.15) is 48.4 Å². The largest absolute Gasteiger partial charge is 0.493 e. The zero-order chi connectivity index (χ0) is 24.4. The Balaban J connectivity index is 1.40. The number of rotatable bonds is 8. The smallest absolute Gasteiger partial charge is 0.304 e. The van der Waals surface area contributed by atoms with Gasteiger partial charge in [-0.3, -0.25) is 4.79 Å². The van der Waals surface area contributed by atoms with Crippen molar-refractivity contribution < 1.29 is 19.4 Å². The summed E-state index contributed by atoms with van der Waals surface area (Å²) in [5, 5.41) is 22.0. The number of ether oxygens (including phenoxy) is 2. The Morgan fingerprint density at radius 3 is 2.77 bits per heavy atom. The molecule has 35 heavy (non-hydrogen) atoms. The van der Waals surface area contributed by atoms with E-state index in [-0.39, 0.29) is 18.4 Å². The fraction of sp³-hybridized carbons (Fsp3) is 0.286. The summed E-state index contributed by atoms with van der Waals surface area (Å²) < 4.78 is 12.0. The topological polar surface area (TPSA) is 94.8 Å². The molecule has 0 saturated heterocycles. The summed E-state index contributed by atoms with van der Waals surface area (Å²) in [5.41, 5.74) is 5.49. The molecule has 7 nitrogen and oxygen atoms in total. The van der Waals surface area contributed by atoms with E-state index in [4.69, 9.17) is 14.6 Å². The van der Waals surface area contributed by atoms with E-state index in [1.54, 1.807) is 0 Å². The third-order valence-electron chi connectivity index (χ3n) is 6.47. The van der Waals surface area contributed by atoms with E-state index in [0.717, 1.165) is 52.7 Å². The molecule has 5 rings (SSSR count). The maximum atomic E-state index is 11.1. The first-order valence-electron chi connectivity index (χ1n) is 11.9. The highest BCUT2D eigenvalue weighted by Gasteiger charge is 2.30. The summed E-state index contributed by atoms with van der Waals surface area (Å²) in [6.07, 6.45) is 1.01. The van der Waals surface area contributed by atoms with Crippen molar-refractivity contribution in [3.63, 3.8) is 0 Å². The van der Waals surface area contributed by atoms with Crippen molar-refractivity contribution in [1.29, 1.82) is 5.26 Å². The first-order valence-corrected chi connectivity index (χ1v) is 11.9. The predicted octanol–water partition coefficient (Wildman–Crippen LogP) is 5.60. The van der Waals surface area contributed by atoms with Crippen LogP contribution >= 0.6 is 0 Å². The molecule has 0 amide bonds. The van der Waals surface area contributed by atoms with Crippen LogP contribution < -0.4 is 19.7 Å². The molecule has 0 radical (unpaired) electrons. The molecule has 2 atom stereocenters. The van der Waals surface area contributed by atoms with E-state index in [9.17, 15) is 10.1 Å². The van der Waals surface area contributed by atoms with E-state index in [2.05, 4.69) is 35.3 Å². The molecular formula is C28H27N3O4. The van der Waals surface area contributed by atoms with Gasteiger partial charge < -0.3 is 24.8 Å². The van der Waals surface area contributed by atoms with Crippen molar-refractivity contribution >= 4 is 23.0 Å². The van der Waals surface area contributed by atoms with Gasteiger partial charge in [0.15, 0.2) is 0 Å². The van der Waals surface area contributed by atoms with Gasteiger partial charge in [0.1, 0.15) is 18.1 Å². The second-order valence-corrected chi connectivity index (χ2v) is 8.88. The normalized spacial score (nSPS) is 17.5. The molecule has 2 aliphatic rings. The minimum Gasteiger partial charge on any atom is -0.493 e. The Morgan fingerprint density at radius 1 is 1.11 bits per heavy atom. The molecule has 0 saturated carbocycles. The summed E-state index contributed by atoms with van der Waals surface area (Å²) in [7, 11) is 0. The Bertz CT molecular complexity index is 1300. The van der Waals surface area contributed by atoms with Gasteiger partial charge in [-0.25, -0.2) is 0 Å². The van der Waals surface area contributed by atoms with Crippen molar-refractivity contribution in [2.75, 3.05) is 30.0 Å². The standard InChI is InChI=1S/C28H27N3O4/c1-2-11-31(21-6-3-5-18(12-21)15-29)25-8-4-7-23-24(17-35-28(23)25)30-20-9-10-22-19(13-27(32)33)16-34-26(22)14-20/h3-10,12,14,19,24,30H,2,11,13,16-17H2,1H3,(H,32,33)/t19-,24?/m1/s1. The fourth-order valence-corrected chi connectivity index (χ4v) is 4.87. The number of carboxylic acids is 1. The molecule has 0 aromatic heterocycles. The summed E-state index contributed by atoms with van der Waals surface area (Å²) >= 11 is 0. The van der Waals surface area contributed by atoms with Crippen molar-refractivity contribution in [3.05, 3.63) is 77.4 Å². The van der Waals surface area contributed by atoms with Crippen LogP contribution in [-0.4, -0.2) is 30.8 Å². The maximum Gasteiger partial charge on any atom is 0.304 e. The highest BCUT2D eigenvalue weighted by atomic mass is 16.5. The number of benzene rings is 3. The van der Waals surface area contributed by atoms with Crippen molar-refractivity contribution in [3.8, 4) is 17.6 Å². The van der Waals surface area contributed by atoms with E-state index in [0.29, 0.717) is 18.8 Å². The monoisotopic (exact) mass is 469 g/mol. The highest BCUT2D eigenvalue weighted by molar-refractivity contribution is 5.73. The average Bonchev–Trinajstić information content (AvgIpc) is 3.46. The predicted molar refractivity (Wildman–Crippen MR) is 134 cm³/mol. The van der Waals surface area contributed by atoms with Crippen molar-refractivity contribution in [2.45, 2.75) is 31.7 Å². The number of nitrogens with one attached hydrogen (secondary N) is 1. The summed E-state index contributed by atoms with van der Waals surface area (Å²) in [6.45, 7) is 3.81. The SMILES string of the molecule is CCCN(c1cccc(C#N)c1)c1cccc2c1OCC2Nc1ccc2c(c1)OC[C@H]2CC(=O)O. The van der Waals surface area contributed by atoms with Gasteiger partial charge in [0.2, 0.25) is 0 Å². The third-order valence-corrected chi connectivity index (χ3v) is 6.47. The minimum absolute atomic E-state index is 0.0341. The van der Waals surface area contributed by atoms with Crippen molar-refractivity contribution in [1.82, 2.24) is 0 Å². The molecule has 1 unspecified atom stereocenters. The van der Waals surface area contributed by atoms with Gasteiger partial charge in [-0.2, -0.15) is 5.26 Å². The van der Waals surface area contributed by atoms with Gasteiger partial charge in [0.05, 0.1) is 36.4 Å². The summed E-state index contributed by atoms with van der Waals surface area (Å²) in [6, 6.07) is 21.9. The lowest BCUT2D eigenvalue weighted by molar-refractivity contribution is -0.137. The zero-order valence-corrected chi connectivity index (χ0v) is 19.5. The average molecular weight is 470 g/mol. The van der Waals surface area contributed by atoms with Crippen LogP contribution in [0.5, 0.6) is 11.5 Å².